The number of carbonyl (C=O) groups excluding carboxylic acids is 1. The molecule has 0 radical (unpaired) electrons. The summed E-state index contributed by atoms with van der Waals surface area (Å²) >= 11 is 0. The lowest BCUT2D eigenvalue weighted by atomic mass is 10.2. The van der Waals surface area contributed by atoms with Crippen LogP contribution in [0.1, 0.15) is 39.8 Å². The topological polar surface area (TPSA) is 75.5 Å². The quantitative estimate of drug-likeness (QED) is 0.806. The highest BCUT2D eigenvalue weighted by Gasteiger charge is 2.22. The fraction of sp³-hybridized carbons (Fsp3) is 0.450. The van der Waals surface area contributed by atoms with Crippen molar-refractivity contribution >= 4 is 17.0 Å². The Balaban J connectivity index is 1.90. The fourth-order valence-corrected chi connectivity index (χ4v) is 2.31. The molecule has 2 aromatic rings. The van der Waals surface area contributed by atoms with Gasteiger partial charge in [0.25, 0.3) is 0 Å². The molecule has 1 unspecified atom stereocenters. The molecule has 0 aliphatic heterocycles. The minimum atomic E-state index is -0.508. The van der Waals surface area contributed by atoms with Gasteiger partial charge in [-0.15, -0.1) is 0 Å². The maximum atomic E-state index is 12.1. The van der Waals surface area contributed by atoms with E-state index in [0.29, 0.717) is 18.7 Å². The Bertz CT molecular complexity index is 821. The maximum Gasteiger partial charge on any atom is 0.410 e. The zero-order valence-corrected chi connectivity index (χ0v) is 15.9. The third-order valence-corrected chi connectivity index (χ3v) is 3.92. The summed E-state index contributed by atoms with van der Waals surface area (Å²) in [5.74, 6) is 0.733. The van der Waals surface area contributed by atoms with Crippen molar-refractivity contribution in [3.63, 3.8) is 0 Å². The molecule has 0 saturated heterocycles. The monoisotopic (exact) mass is 355 g/mol. The largest absolute Gasteiger partial charge is 0.493 e. The second-order valence-electron chi connectivity index (χ2n) is 7.24. The molecular formula is C20H25N3O3. The van der Waals surface area contributed by atoms with E-state index in [1.807, 2.05) is 58.0 Å². The van der Waals surface area contributed by atoms with Gasteiger partial charge in [0.1, 0.15) is 23.1 Å². The highest BCUT2D eigenvalue weighted by molar-refractivity contribution is 5.80. The first-order valence-corrected chi connectivity index (χ1v) is 8.59. The standard InChI is InChI=1S/C20H25N3O3/c1-14(23(5)19(24)26-20(2,3)4)10-11-25-17-8-9-18-15(12-17)6-7-16(13-21)22-18/h6-9,12,14H,10-11H2,1-5H3. The molecule has 0 N–H and O–H groups in total. The van der Waals surface area contributed by atoms with Crippen molar-refractivity contribution < 1.29 is 14.3 Å². The summed E-state index contributed by atoms with van der Waals surface area (Å²) in [7, 11) is 1.73. The van der Waals surface area contributed by atoms with Gasteiger partial charge in [0, 0.05) is 24.9 Å². The average Bonchev–Trinajstić information content (AvgIpc) is 2.58. The second-order valence-corrected chi connectivity index (χ2v) is 7.24. The molecule has 0 spiro atoms. The number of carbonyl (C=O) groups is 1. The molecule has 0 aliphatic carbocycles. The molecule has 6 heteroatoms. The molecule has 6 nitrogen and oxygen atoms in total. The van der Waals surface area contributed by atoms with E-state index in [4.69, 9.17) is 14.7 Å². The van der Waals surface area contributed by atoms with Crippen LogP contribution in [0.5, 0.6) is 5.75 Å². The molecule has 1 amide bonds. The van der Waals surface area contributed by atoms with Crippen molar-refractivity contribution in [3.05, 3.63) is 36.0 Å². The summed E-state index contributed by atoms with van der Waals surface area (Å²) in [5.41, 5.74) is 0.645. The zero-order valence-electron chi connectivity index (χ0n) is 15.9. The molecule has 138 valence electrons. The maximum absolute atomic E-state index is 12.1. The Morgan fingerprint density at radius 1 is 1.31 bits per heavy atom. The van der Waals surface area contributed by atoms with E-state index >= 15 is 0 Å². The molecular weight excluding hydrogens is 330 g/mol. The van der Waals surface area contributed by atoms with Gasteiger partial charge in [-0.3, -0.25) is 0 Å². The highest BCUT2D eigenvalue weighted by Crippen LogP contribution is 2.20. The van der Waals surface area contributed by atoms with E-state index in [9.17, 15) is 4.79 Å². The second kappa shape index (κ2) is 8.05. The lowest BCUT2D eigenvalue weighted by Gasteiger charge is -2.28. The summed E-state index contributed by atoms with van der Waals surface area (Å²) in [5, 5.41) is 9.81. The number of rotatable bonds is 5. The van der Waals surface area contributed by atoms with Crippen LogP contribution in [-0.2, 0) is 4.74 Å². The number of ether oxygens (including phenoxy) is 2. The summed E-state index contributed by atoms with van der Waals surface area (Å²) in [6, 6.07) is 11.1. The van der Waals surface area contributed by atoms with Crippen molar-refractivity contribution in [3.8, 4) is 11.8 Å². The summed E-state index contributed by atoms with van der Waals surface area (Å²) in [6.45, 7) is 7.98. The summed E-state index contributed by atoms with van der Waals surface area (Å²) in [4.78, 5) is 17.9. The van der Waals surface area contributed by atoms with Crippen LogP contribution in [0.25, 0.3) is 10.9 Å². The van der Waals surface area contributed by atoms with Gasteiger partial charge in [0.05, 0.1) is 12.1 Å². The van der Waals surface area contributed by atoms with Crippen molar-refractivity contribution in [2.75, 3.05) is 13.7 Å². The molecule has 0 fully saturated rings. The first kappa shape index (κ1) is 19.5. The Labute approximate surface area is 154 Å². The number of amides is 1. The third-order valence-electron chi connectivity index (χ3n) is 3.92. The van der Waals surface area contributed by atoms with Gasteiger partial charge in [-0.25, -0.2) is 9.78 Å². The van der Waals surface area contributed by atoms with Gasteiger partial charge in [-0.2, -0.15) is 5.26 Å². The normalized spacial score (nSPS) is 12.3. The number of hydrogen-bond acceptors (Lipinski definition) is 5. The Hall–Kier alpha value is -2.81. The molecule has 1 atom stereocenters. The van der Waals surface area contributed by atoms with Crippen LogP contribution in [0.15, 0.2) is 30.3 Å². The molecule has 0 saturated carbocycles. The van der Waals surface area contributed by atoms with Crippen LogP contribution in [-0.4, -0.2) is 41.3 Å². The van der Waals surface area contributed by atoms with Crippen LogP contribution in [0, 0.1) is 11.3 Å². The van der Waals surface area contributed by atoms with Crippen LogP contribution in [0.4, 0.5) is 4.79 Å². The van der Waals surface area contributed by atoms with E-state index < -0.39 is 5.60 Å². The smallest absolute Gasteiger partial charge is 0.410 e. The molecule has 1 aromatic carbocycles. The van der Waals surface area contributed by atoms with Crippen molar-refractivity contribution in [1.82, 2.24) is 9.88 Å². The van der Waals surface area contributed by atoms with Crippen molar-refractivity contribution in [1.29, 1.82) is 5.26 Å². The van der Waals surface area contributed by atoms with Gasteiger partial charge in [-0.05, 0) is 58.0 Å². The number of aromatic nitrogens is 1. The lowest BCUT2D eigenvalue weighted by molar-refractivity contribution is 0.0220. The predicted molar refractivity (Wildman–Crippen MR) is 100 cm³/mol. The van der Waals surface area contributed by atoms with E-state index in [1.165, 1.54) is 0 Å². The van der Waals surface area contributed by atoms with E-state index in [2.05, 4.69) is 4.98 Å². The molecule has 0 aliphatic rings. The van der Waals surface area contributed by atoms with E-state index in [0.717, 1.165) is 16.7 Å². The van der Waals surface area contributed by atoms with Crippen LogP contribution < -0.4 is 4.74 Å². The van der Waals surface area contributed by atoms with E-state index in [-0.39, 0.29) is 12.1 Å². The Kier molecular flexibility index (Phi) is 6.04. The zero-order chi connectivity index (χ0) is 19.3. The van der Waals surface area contributed by atoms with Crippen molar-refractivity contribution in [2.24, 2.45) is 0 Å². The van der Waals surface area contributed by atoms with Crippen LogP contribution in [0.3, 0.4) is 0 Å². The molecule has 26 heavy (non-hydrogen) atoms. The Morgan fingerprint density at radius 3 is 2.69 bits per heavy atom. The van der Waals surface area contributed by atoms with Crippen molar-refractivity contribution in [2.45, 2.75) is 45.8 Å². The average molecular weight is 355 g/mol. The van der Waals surface area contributed by atoms with Gasteiger partial charge < -0.3 is 14.4 Å². The number of benzene rings is 1. The number of hydrogen-bond donors (Lipinski definition) is 0. The van der Waals surface area contributed by atoms with Crippen LogP contribution >= 0.6 is 0 Å². The molecule has 1 heterocycles. The minimum Gasteiger partial charge on any atom is -0.493 e. The molecule has 0 bridgehead atoms. The van der Waals surface area contributed by atoms with Crippen LogP contribution in [0.2, 0.25) is 0 Å². The fourth-order valence-electron chi connectivity index (χ4n) is 2.31. The summed E-state index contributed by atoms with van der Waals surface area (Å²) < 4.78 is 11.2. The number of nitriles is 1. The van der Waals surface area contributed by atoms with Gasteiger partial charge in [-0.1, -0.05) is 0 Å². The summed E-state index contributed by atoms with van der Waals surface area (Å²) in [6.07, 6.45) is 0.342. The molecule has 1 aromatic heterocycles. The predicted octanol–water partition coefficient (Wildman–Crippen LogP) is 4.13. The first-order chi connectivity index (χ1) is 12.2. The molecule has 2 rings (SSSR count). The SMILES string of the molecule is CC(CCOc1ccc2nc(C#N)ccc2c1)N(C)C(=O)OC(C)(C)C. The van der Waals surface area contributed by atoms with Gasteiger partial charge >= 0.3 is 6.09 Å². The first-order valence-electron chi connectivity index (χ1n) is 8.59. The van der Waals surface area contributed by atoms with E-state index in [1.54, 1.807) is 18.0 Å². The number of pyridine rings is 1. The lowest BCUT2D eigenvalue weighted by Crippen LogP contribution is -2.40. The number of fused-ring (bicyclic) bond motifs is 1. The van der Waals surface area contributed by atoms with Gasteiger partial charge in [0.15, 0.2) is 0 Å². The number of nitrogens with zero attached hydrogens (tertiary/aromatic N) is 3. The van der Waals surface area contributed by atoms with Gasteiger partial charge in [0.2, 0.25) is 0 Å². The highest BCUT2D eigenvalue weighted by atomic mass is 16.6. The third kappa shape index (κ3) is 5.35. The minimum absolute atomic E-state index is 0.00911. The Morgan fingerprint density at radius 2 is 2.04 bits per heavy atom.